The van der Waals surface area contributed by atoms with Gasteiger partial charge in [-0.3, -0.25) is 9.80 Å². The van der Waals surface area contributed by atoms with Gasteiger partial charge in [-0.05, 0) is 19.1 Å². The van der Waals surface area contributed by atoms with Crippen LogP contribution in [-0.4, -0.2) is 54.3 Å². The summed E-state index contributed by atoms with van der Waals surface area (Å²) < 4.78 is 10.6. The highest BCUT2D eigenvalue weighted by Gasteiger charge is 2.34. The number of carboxylic acid groups (broad SMARTS) is 1. The third-order valence-corrected chi connectivity index (χ3v) is 3.72. The molecule has 1 aromatic carbocycles. The summed E-state index contributed by atoms with van der Waals surface area (Å²) in [6.45, 7) is 2.00. The van der Waals surface area contributed by atoms with Gasteiger partial charge < -0.3 is 19.7 Å². The van der Waals surface area contributed by atoms with E-state index in [1.54, 1.807) is 25.1 Å². The number of amides is 2. The lowest BCUT2D eigenvalue weighted by molar-refractivity contribution is 0.0963. The molecule has 2 amide bonds. The number of aliphatic hydroxyl groups excluding tert-OH is 1. The normalized spacial score (nSPS) is 23.8. The Morgan fingerprint density at radius 3 is 2.86 bits per heavy atom. The third kappa shape index (κ3) is 2.31. The van der Waals surface area contributed by atoms with Crippen LogP contribution < -0.4 is 14.5 Å². The van der Waals surface area contributed by atoms with Crippen molar-refractivity contribution in [3.8, 4) is 5.75 Å². The minimum Gasteiger partial charge on any atom is -0.489 e. The van der Waals surface area contributed by atoms with Crippen LogP contribution in [0, 0.1) is 0 Å². The fourth-order valence-corrected chi connectivity index (χ4v) is 2.63. The van der Waals surface area contributed by atoms with Crippen molar-refractivity contribution >= 4 is 23.6 Å². The molecule has 1 saturated heterocycles. The number of anilines is 2. The Morgan fingerprint density at radius 2 is 2.23 bits per heavy atom. The lowest BCUT2D eigenvalue weighted by atomic mass is 10.1. The van der Waals surface area contributed by atoms with E-state index in [1.807, 2.05) is 0 Å². The molecule has 2 N–H and O–H groups in total. The fourth-order valence-electron chi connectivity index (χ4n) is 2.63. The number of aliphatic hydroxyl groups is 1. The smallest absolute Gasteiger partial charge is 0.414 e. The lowest BCUT2D eigenvalue weighted by Crippen LogP contribution is -2.44. The first-order chi connectivity index (χ1) is 10.5. The van der Waals surface area contributed by atoms with E-state index in [9.17, 15) is 14.7 Å². The molecule has 2 atom stereocenters. The zero-order valence-electron chi connectivity index (χ0n) is 11.9. The molecule has 8 heteroatoms. The van der Waals surface area contributed by atoms with Gasteiger partial charge in [-0.15, -0.1) is 0 Å². The maximum atomic E-state index is 11.8. The van der Waals surface area contributed by atoms with Crippen LogP contribution in [-0.2, 0) is 4.74 Å². The van der Waals surface area contributed by atoms with Crippen molar-refractivity contribution in [2.75, 3.05) is 29.6 Å². The number of hydrogen-bond donors (Lipinski definition) is 2. The largest absolute Gasteiger partial charge is 0.489 e. The number of fused-ring (bicyclic) bond motifs is 1. The molecule has 2 aliphatic rings. The van der Waals surface area contributed by atoms with E-state index in [2.05, 4.69) is 0 Å². The summed E-state index contributed by atoms with van der Waals surface area (Å²) in [5.41, 5.74) is 0.987. The van der Waals surface area contributed by atoms with Crippen molar-refractivity contribution in [3.63, 3.8) is 0 Å². The predicted molar refractivity (Wildman–Crippen MR) is 76.6 cm³/mol. The van der Waals surface area contributed by atoms with Gasteiger partial charge in [0.05, 0.1) is 30.6 Å². The van der Waals surface area contributed by atoms with E-state index in [0.717, 1.165) is 0 Å². The van der Waals surface area contributed by atoms with Crippen molar-refractivity contribution < 1.29 is 29.3 Å². The first kappa shape index (κ1) is 14.5. The molecule has 8 nitrogen and oxygen atoms in total. The average Bonchev–Trinajstić information content (AvgIpc) is 2.87. The quantitative estimate of drug-likeness (QED) is 0.853. The van der Waals surface area contributed by atoms with Crippen LogP contribution in [0.4, 0.5) is 21.0 Å². The van der Waals surface area contributed by atoms with E-state index in [-0.39, 0.29) is 25.8 Å². The van der Waals surface area contributed by atoms with E-state index < -0.39 is 18.3 Å². The van der Waals surface area contributed by atoms with Crippen molar-refractivity contribution in [3.05, 3.63) is 18.2 Å². The summed E-state index contributed by atoms with van der Waals surface area (Å²) in [5, 5.41) is 18.4. The molecular formula is C14H16N2O6. The van der Waals surface area contributed by atoms with Gasteiger partial charge in [-0.2, -0.15) is 0 Å². The Labute approximate surface area is 126 Å². The van der Waals surface area contributed by atoms with Gasteiger partial charge in [0.1, 0.15) is 18.5 Å². The van der Waals surface area contributed by atoms with Gasteiger partial charge in [0.25, 0.3) is 0 Å². The van der Waals surface area contributed by atoms with E-state index in [1.165, 1.54) is 9.80 Å². The van der Waals surface area contributed by atoms with Crippen LogP contribution in [0.1, 0.15) is 6.92 Å². The molecule has 0 radical (unpaired) electrons. The summed E-state index contributed by atoms with van der Waals surface area (Å²) >= 11 is 0. The number of carbonyl (C=O) groups excluding carboxylic acids is 1. The summed E-state index contributed by atoms with van der Waals surface area (Å²) in [6, 6.07) is 4.56. The Morgan fingerprint density at radius 1 is 1.45 bits per heavy atom. The maximum Gasteiger partial charge on any atom is 0.414 e. The molecule has 1 fully saturated rings. The number of cyclic esters (lactones) is 1. The van der Waals surface area contributed by atoms with Crippen molar-refractivity contribution in [1.82, 2.24) is 0 Å². The van der Waals surface area contributed by atoms with E-state index in [4.69, 9.17) is 14.6 Å². The molecule has 0 unspecified atom stereocenters. The Hall–Kier alpha value is -2.48. The molecule has 0 saturated carbocycles. The molecular weight excluding hydrogens is 292 g/mol. The molecule has 0 aromatic heterocycles. The van der Waals surface area contributed by atoms with Crippen molar-refractivity contribution in [2.45, 2.75) is 19.1 Å². The molecule has 0 spiro atoms. The summed E-state index contributed by atoms with van der Waals surface area (Å²) in [6.07, 6.45) is -2.15. The van der Waals surface area contributed by atoms with Crippen molar-refractivity contribution in [2.24, 2.45) is 0 Å². The number of nitrogens with zero attached hydrogens (tertiary/aromatic N) is 2. The monoisotopic (exact) mass is 308 g/mol. The Kier molecular flexibility index (Phi) is 3.53. The minimum absolute atomic E-state index is 0.242. The molecule has 0 aliphatic carbocycles. The topological polar surface area (TPSA) is 99.5 Å². The van der Waals surface area contributed by atoms with Crippen LogP contribution in [0.3, 0.4) is 0 Å². The summed E-state index contributed by atoms with van der Waals surface area (Å²) in [5.74, 6) is 0.401. The number of hydrogen-bond acceptors (Lipinski definition) is 5. The highest BCUT2D eigenvalue weighted by atomic mass is 16.6. The maximum absolute atomic E-state index is 11.8. The first-order valence-electron chi connectivity index (χ1n) is 6.89. The third-order valence-electron chi connectivity index (χ3n) is 3.72. The Balaban J connectivity index is 1.92. The highest BCUT2D eigenvalue weighted by molar-refractivity contribution is 5.93. The van der Waals surface area contributed by atoms with Crippen molar-refractivity contribution in [1.29, 1.82) is 0 Å². The standard InChI is InChI=1S/C14H16N2O6/c1-8-7-21-12-4-9(2-3-11(12)16(8)13(18)19)15-5-10(6-17)22-14(15)20/h2-4,8,10,17H,5-7H2,1H3,(H,18,19)/t8-,10-/m1/s1. The Bertz CT molecular complexity index is 619. The number of rotatable bonds is 2. The van der Waals surface area contributed by atoms with Gasteiger partial charge in [0.2, 0.25) is 0 Å². The average molecular weight is 308 g/mol. The highest BCUT2D eigenvalue weighted by Crippen LogP contribution is 2.38. The molecule has 3 rings (SSSR count). The van der Waals surface area contributed by atoms with Gasteiger partial charge >= 0.3 is 12.2 Å². The van der Waals surface area contributed by atoms with E-state index in [0.29, 0.717) is 17.1 Å². The first-order valence-corrected chi connectivity index (χ1v) is 6.89. The van der Waals surface area contributed by atoms with E-state index >= 15 is 0 Å². The van der Waals surface area contributed by atoms with Crippen LogP contribution in [0.25, 0.3) is 0 Å². The van der Waals surface area contributed by atoms with Crippen LogP contribution in [0.15, 0.2) is 18.2 Å². The van der Waals surface area contributed by atoms with Gasteiger partial charge in [-0.1, -0.05) is 0 Å². The fraction of sp³-hybridized carbons (Fsp3) is 0.429. The number of ether oxygens (including phenoxy) is 2. The van der Waals surface area contributed by atoms with Gasteiger partial charge in [-0.25, -0.2) is 9.59 Å². The second-order valence-electron chi connectivity index (χ2n) is 5.26. The molecule has 2 aliphatic heterocycles. The zero-order chi connectivity index (χ0) is 15.9. The molecule has 2 heterocycles. The zero-order valence-corrected chi connectivity index (χ0v) is 11.9. The molecule has 1 aromatic rings. The molecule has 118 valence electrons. The second-order valence-corrected chi connectivity index (χ2v) is 5.26. The number of carbonyl (C=O) groups is 2. The molecule has 0 bridgehead atoms. The summed E-state index contributed by atoms with van der Waals surface area (Å²) in [7, 11) is 0. The molecule has 22 heavy (non-hydrogen) atoms. The van der Waals surface area contributed by atoms with Gasteiger partial charge in [0.15, 0.2) is 0 Å². The lowest BCUT2D eigenvalue weighted by Gasteiger charge is -2.33. The SMILES string of the molecule is C[C@@H]1COc2cc(N3C[C@H](CO)OC3=O)ccc2N1C(=O)O. The van der Waals surface area contributed by atoms with Crippen LogP contribution >= 0.6 is 0 Å². The predicted octanol–water partition coefficient (Wildman–Crippen LogP) is 1.27. The summed E-state index contributed by atoms with van der Waals surface area (Å²) in [4.78, 5) is 25.8. The van der Waals surface area contributed by atoms with Crippen LogP contribution in [0.2, 0.25) is 0 Å². The van der Waals surface area contributed by atoms with Crippen LogP contribution in [0.5, 0.6) is 5.75 Å². The number of benzene rings is 1. The second kappa shape index (κ2) is 5.38. The minimum atomic E-state index is -1.05. The van der Waals surface area contributed by atoms with Gasteiger partial charge in [0, 0.05) is 6.07 Å².